The molecule has 4 heterocycles. The van der Waals surface area contributed by atoms with Crippen LogP contribution >= 0.6 is 0 Å². The number of nitrogens with zero attached hydrogens (tertiary/aromatic N) is 4. The van der Waals surface area contributed by atoms with Crippen molar-refractivity contribution >= 4 is 22.8 Å². The number of para-hydroxylation sites is 2. The summed E-state index contributed by atoms with van der Waals surface area (Å²) in [5.41, 5.74) is 11.8. The molecule has 5 heteroatoms. The second-order valence-corrected chi connectivity index (χ2v) is 9.21. The molecule has 0 saturated carbocycles. The van der Waals surface area contributed by atoms with Crippen molar-refractivity contribution in [2.45, 2.75) is 39.0 Å². The summed E-state index contributed by atoms with van der Waals surface area (Å²) in [4.78, 5) is 19.8. The van der Waals surface area contributed by atoms with Crippen molar-refractivity contribution in [2.24, 2.45) is 9.98 Å². The fraction of sp³-hybridized carbons (Fsp3) is 0.200. The van der Waals surface area contributed by atoms with Crippen molar-refractivity contribution in [1.82, 2.24) is 9.97 Å². The van der Waals surface area contributed by atoms with Crippen LogP contribution in [0, 0.1) is 6.92 Å². The van der Waals surface area contributed by atoms with E-state index in [1.54, 1.807) is 0 Å². The average molecular weight is 638 g/mol. The molecule has 2 unspecified atom stereocenters. The van der Waals surface area contributed by atoms with E-state index in [0.29, 0.717) is 6.42 Å². The van der Waals surface area contributed by atoms with E-state index >= 15 is 0 Å². The van der Waals surface area contributed by atoms with Gasteiger partial charge in [-0.25, -0.2) is 0 Å². The molecule has 2 aromatic carbocycles. The molecule has 0 saturated heterocycles. The largest absolute Gasteiger partial charge is 0.251 e. The Hall–Kier alpha value is -3.23. The molecule has 2 aromatic heterocycles. The predicted octanol–water partition coefficient (Wildman–Crippen LogP) is 6.85. The minimum atomic E-state index is 0. The van der Waals surface area contributed by atoms with Crippen LogP contribution in [0.15, 0.2) is 88.8 Å². The van der Waals surface area contributed by atoms with Gasteiger partial charge in [-0.15, -0.1) is 0 Å². The Morgan fingerprint density at radius 2 is 1.23 bits per heavy atom. The quantitative estimate of drug-likeness (QED) is 0.246. The Bertz CT molecular complexity index is 1490. The Labute approximate surface area is 220 Å². The molecule has 0 spiro atoms. The minimum absolute atomic E-state index is 0. The molecule has 35 heavy (non-hydrogen) atoms. The van der Waals surface area contributed by atoms with Gasteiger partial charge in [0.15, 0.2) is 0 Å². The molecule has 0 bridgehead atoms. The Kier molecular flexibility index (Phi) is 6.33. The number of benzene rings is 2. The van der Waals surface area contributed by atoms with Gasteiger partial charge in [0.2, 0.25) is 0 Å². The maximum absolute atomic E-state index is 5.06. The molecule has 4 nitrogen and oxygen atoms in total. The van der Waals surface area contributed by atoms with Crippen LogP contribution in [0.1, 0.15) is 65.1 Å². The van der Waals surface area contributed by atoms with Crippen LogP contribution in [0.4, 0.5) is 11.4 Å². The van der Waals surface area contributed by atoms with Gasteiger partial charge in [-0.2, -0.15) is 0 Å². The first-order chi connectivity index (χ1) is 16.6. The molecule has 0 fully saturated rings. The summed E-state index contributed by atoms with van der Waals surface area (Å²) >= 11 is 0. The van der Waals surface area contributed by atoms with Gasteiger partial charge in [-0.3, -0.25) is 20.0 Å². The van der Waals surface area contributed by atoms with Crippen LogP contribution in [-0.4, -0.2) is 21.4 Å². The normalized spacial score (nSPS) is 17.8. The number of aryl methyl sites for hydroxylation is 1. The van der Waals surface area contributed by atoms with Crippen LogP contribution in [-0.2, 0) is 27.5 Å². The number of pyridine rings is 2. The van der Waals surface area contributed by atoms with E-state index in [0.717, 1.165) is 51.1 Å². The summed E-state index contributed by atoms with van der Waals surface area (Å²) in [6.45, 7) is 6.53. The smallest absolute Gasteiger partial charge is 0.0883 e. The van der Waals surface area contributed by atoms with Gasteiger partial charge in [-0.05, 0) is 53.9 Å². The molecule has 0 radical (unpaired) electrons. The van der Waals surface area contributed by atoms with E-state index in [2.05, 4.69) is 87.5 Å². The molecule has 0 aliphatic carbocycles. The zero-order chi connectivity index (χ0) is 23.2. The molecule has 176 valence electrons. The summed E-state index contributed by atoms with van der Waals surface area (Å²) in [7, 11) is 0. The monoisotopic (exact) mass is 637 g/mol. The van der Waals surface area contributed by atoms with Gasteiger partial charge in [0.1, 0.15) is 0 Å². The molecule has 4 aromatic rings. The molecular weight excluding hydrogens is 611 g/mol. The van der Waals surface area contributed by atoms with Crippen molar-refractivity contribution < 1.29 is 21.1 Å². The van der Waals surface area contributed by atoms with Crippen LogP contribution < -0.4 is 0 Å². The van der Waals surface area contributed by atoms with Crippen molar-refractivity contribution in [2.75, 3.05) is 0 Å². The average Bonchev–Trinajstić information content (AvgIpc) is 3.38. The van der Waals surface area contributed by atoms with Gasteiger partial charge in [-0.1, -0.05) is 62.4 Å². The zero-order valence-corrected chi connectivity index (χ0v) is 22.2. The van der Waals surface area contributed by atoms with Crippen LogP contribution in [0.2, 0.25) is 0 Å². The summed E-state index contributed by atoms with van der Waals surface area (Å²) < 4.78 is 0. The molecule has 0 N–H and O–H groups in total. The van der Waals surface area contributed by atoms with Gasteiger partial charge < -0.3 is 0 Å². The first-order valence-corrected chi connectivity index (χ1v) is 11.9. The fourth-order valence-electron chi connectivity index (χ4n) is 5.03. The maximum atomic E-state index is 5.06. The summed E-state index contributed by atoms with van der Waals surface area (Å²) in [6, 6.07) is 27.2. The number of rotatable bonds is 4. The first-order valence-electron chi connectivity index (χ1n) is 11.9. The summed E-state index contributed by atoms with van der Waals surface area (Å²) in [5.74, 6) is 0.481. The molecular formula is C30H26N4Pt. The predicted molar refractivity (Wildman–Crippen MR) is 138 cm³/mol. The van der Waals surface area contributed by atoms with Crippen molar-refractivity contribution in [1.29, 1.82) is 0 Å². The standard InChI is InChI=1S/C30H26N4.Pt/c1-18-15-16-22(32-28(18)30-20(3)24-11-5-7-13-26(24)34-30)17-21-9-8-14-27(31-21)29-19(2)23-10-4-6-12-25(23)33-29;/h4-16,19-20H,17H2,1-3H3;. The minimum Gasteiger partial charge on any atom is -0.251 e. The van der Waals surface area contributed by atoms with Crippen molar-refractivity contribution in [3.05, 3.63) is 118 Å². The van der Waals surface area contributed by atoms with E-state index in [-0.39, 0.29) is 32.9 Å². The van der Waals surface area contributed by atoms with E-state index < -0.39 is 0 Å². The van der Waals surface area contributed by atoms with Crippen LogP contribution in [0.25, 0.3) is 0 Å². The number of aromatic nitrogens is 2. The third-order valence-electron chi connectivity index (χ3n) is 6.94. The van der Waals surface area contributed by atoms with E-state index in [4.69, 9.17) is 20.0 Å². The zero-order valence-electron chi connectivity index (χ0n) is 20.0. The number of fused-ring (bicyclic) bond motifs is 2. The Balaban J connectivity index is 0.00000253. The fourth-order valence-corrected chi connectivity index (χ4v) is 5.03. The third kappa shape index (κ3) is 4.21. The SMILES string of the molecule is Cc1ccc(Cc2cccc(C3=Nc4ccccc4C3C)n2)nc1C1=Nc2ccccc2C1C.[Pt]. The van der Waals surface area contributed by atoms with Gasteiger partial charge in [0.25, 0.3) is 0 Å². The van der Waals surface area contributed by atoms with E-state index in [1.807, 2.05) is 12.1 Å². The third-order valence-corrected chi connectivity index (χ3v) is 6.94. The van der Waals surface area contributed by atoms with Crippen LogP contribution in [0.3, 0.4) is 0 Å². The van der Waals surface area contributed by atoms with Crippen molar-refractivity contribution in [3.8, 4) is 0 Å². The van der Waals surface area contributed by atoms with Gasteiger partial charge in [0, 0.05) is 50.7 Å². The Morgan fingerprint density at radius 3 is 1.91 bits per heavy atom. The van der Waals surface area contributed by atoms with Crippen molar-refractivity contribution in [3.63, 3.8) is 0 Å². The van der Waals surface area contributed by atoms with Crippen LogP contribution in [0.5, 0.6) is 0 Å². The summed E-state index contributed by atoms with van der Waals surface area (Å²) in [5, 5.41) is 0. The molecule has 2 aliphatic rings. The maximum Gasteiger partial charge on any atom is 0.0883 e. The molecule has 0 amide bonds. The number of hydrogen-bond donors (Lipinski definition) is 0. The molecule has 2 aliphatic heterocycles. The number of hydrogen-bond acceptors (Lipinski definition) is 4. The van der Waals surface area contributed by atoms with E-state index in [9.17, 15) is 0 Å². The molecule has 2 atom stereocenters. The van der Waals surface area contributed by atoms with Gasteiger partial charge >= 0.3 is 0 Å². The number of aliphatic imine (C=N–C) groups is 2. The first kappa shape index (κ1) is 23.5. The van der Waals surface area contributed by atoms with Gasteiger partial charge in [0.05, 0.1) is 34.2 Å². The second kappa shape index (κ2) is 9.43. The Morgan fingerprint density at radius 1 is 0.629 bits per heavy atom. The summed E-state index contributed by atoms with van der Waals surface area (Å²) in [6.07, 6.45) is 0.671. The van der Waals surface area contributed by atoms with E-state index in [1.165, 1.54) is 11.1 Å². The second-order valence-electron chi connectivity index (χ2n) is 9.21. The molecule has 6 rings (SSSR count). The topological polar surface area (TPSA) is 50.5 Å².